The zero-order chi connectivity index (χ0) is 17.8. The van der Waals surface area contributed by atoms with Gasteiger partial charge >= 0.3 is 0 Å². The molecule has 0 radical (unpaired) electrons. The van der Waals surface area contributed by atoms with Crippen molar-refractivity contribution in [3.8, 4) is 0 Å². The van der Waals surface area contributed by atoms with Gasteiger partial charge in [0.1, 0.15) is 6.10 Å². The van der Waals surface area contributed by atoms with Crippen LogP contribution in [-0.4, -0.2) is 30.0 Å². The van der Waals surface area contributed by atoms with Gasteiger partial charge in [0.25, 0.3) is 5.91 Å². The fourth-order valence-electron chi connectivity index (χ4n) is 3.26. The van der Waals surface area contributed by atoms with Gasteiger partial charge in [0.05, 0.1) is 6.04 Å². The minimum Gasteiger partial charge on any atom is -0.398 e. The Morgan fingerprint density at radius 1 is 1.15 bits per heavy atom. The lowest BCUT2D eigenvalue weighted by Crippen LogP contribution is -2.57. The standard InChI is InChI=1S/C20H25N3O2.2ClH/c1-14(2)12-23-13-18(19(23)16-10-6-7-11-17(16)21)25-22-20(24)15-8-4-3-5-9-15;;/h3-11,14,18-19H,12-13,21H2,1-2H3,(H,22,24);2*1H. The highest BCUT2D eigenvalue weighted by atomic mass is 35.5. The number of nitrogens with one attached hydrogen (secondary N) is 1. The third kappa shape index (κ3) is 5.59. The van der Waals surface area contributed by atoms with Crippen molar-refractivity contribution in [1.29, 1.82) is 0 Å². The number of amides is 1. The van der Waals surface area contributed by atoms with Crippen molar-refractivity contribution in [3.05, 3.63) is 65.7 Å². The van der Waals surface area contributed by atoms with Gasteiger partial charge in [-0.1, -0.05) is 50.2 Å². The lowest BCUT2D eigenvalue weighted by molar-refractivity contribution is -0.136. The summed E-state index contributed by atoms with van der Waals surface area (Å²) in [6, 6.07) is 17.0. The predicted octanol–water partition coefficient (Wildman–Crippen LogP) is 3.86. The van der Waals surface area contributed by atoms with Crippen LogP contribution in [0.25, 0.3) is 0 Å². The molecule has 1 aliphatic rings. The molecule has 27 heavy (non-hydrogen) atoms. The van der Waals surface area contributed by atoms with Crippen molar-refractivity contribution in [3.63, 3.8) is 0 Å². The summed E-state index contributed by atoms with van der Waals surface area (Å²) in [6.07, 6.45) is -0.115. The molecule has 1 amide bonds. The quantitative estimate of drug-likeness (QED) is 0.559. The summed E-state index contributed by atoms with van der Waals surface area (Å²) in [5.74, 6) is 0.315. The molecule has 3 N–H and O–H groups in total. The topological polar surface area (TPSA) is 67.6 Å². The average molecular weight is 412 g/mol. The molecule has 0 aliphatic carbocycles. The maximum absolute atomic E-state index is 12.2. The molecule has 148 valence electrons. The molecule has 0 bridgehead atoms. The van der Waals surface area contributed by atoms with Crippen molar-refractivity contribution in [1.82, 2.24) is 10.4 Å². The van der Waals surface area contributed by atoms with Gasteiger partial charge in [-0.25, -0.2) is 5.48 Å². The van der Waals surface area contributed by atoms with E-state index in [0.29, 0.717) is 11.5 Å². The van der Waals surface area contributed by atoms with Crippen LogP contribution in [0.15, 0.2) is 54.6 Å². The first kappa shape index (κ1) is 23.2. The number of carbonyl (C=O) groups excluding carboxylic acids is 1. The van der Waals surface area contributed by atoms with Crippen LogP contribution in [0.5, 0.6) is 0 Å². The zero-order valence-corrected chi connectivity index (χ0v) is 17.1. The summed E-state index contributed by atoms with van der Waals surface area (Å²) in [5, 5.41) is 0. The van der Waals surface area contributed by atoms with Crippen LogP contribution in [0.1, 0.15) is 35.8 Å². The molecule has 2 unspecified atom stereocenters. The normalized spacial score (nSPS) is 18.8. The second-order valence-corrected chi connectivity index (χ2v) is 6.88. The van der Waals surface area contributed by atoms with Crippen LogP contribution >= 0.6 is 24.8 Å². The lowest BCUT2D eigenvalue weighted by atomic mass is 9.89. The van der Waals surface area contributed by atoms with E-state index in [1.54, 1.807) is 12.1 Å². The third-order valence-electron chi connectivity index (χ3n) is 4.41. The van der Waals surface area contributed by atoms with E-state index in [0.717, 1.165) is 24.3 Å². The Morgan fingerprint density at radius 3 is 2.41 bits per heavy atom. The molecule has 1 aliphatic heterocycles. The Kier molecular flexibility index (Phi) is 9.06. The number of nitrogens with two attached hydrogens (primary N) is 1. The number of rotatable bonds is 6. The van der Waals surface area contributed by atoms with Crippen molar-refractivity contribution < 1.29 is 9.63 Å². The van der Waals surface area contributed by atoms with E-state index in [1.807, 2.05) is 42.5 Å². The van der Waals surface area contributed by atoms with Crippen molar-refractivity contribution in [2.75, 3.05) is 18.8 Å². The van der Waals surface area contributed by atoms with Crippen molar-refractivity contribution in [2.45, 2.75) is 26.0 Å². The van der Waals surface area contributed by atoms with E-state index in [2.05, 4.69) is 24.2 Å². The maximum Gasteiger partial charge on any atom is 0.274 e. The van der Waals surface area contributed by atoms with Crippen molar-refractivity contribution >= 4 is 36.4 Å². The molecular formula is C20H27Cl2N3O2. The molecule has 5 nitrogen and oxygen atoms in total. The minimum absolute atomic E-state index is 0. The Morgan fingerprint density at radius 2 is 1.78 bits per heavy atom. The van der Waals surface area contributed by atoms with Gasteiger partial charge < -0.3 is 5.73 Å². The first-order chi connectivity index (χ1) is 12.1. The van der Waals surface area contributed by atoms with Crippen LogP contribution < -0.4 is 11.2 Å². The number of nitrogens with zero attached hydrogens (tertiary/aromatic N) is 1. The molecule has 1 saturated heterocycles. The van der Waals surface area contributed by atoms with E-state index in [4.69, 9.17) is 10.6 Å². The Labute approximate surface area is 173 Å². The number of halogens is 2. The smallest absolute Gasteiger partial charge is 0.274 e. The summed E-state index contributed by atoms with van der Waals surface area (Å²) in [7, 11) is 0. The SMILES string of the molecule is CC(C)CN1CC(ONC(=O)c2ccccc2)C1c1ccccc1N.Cl.Cl. The van der Waals surface area contributed by atoms with Gasteiger partial charge in [-0.2, -0.15) is 0 Å². The first-order valence-electron chi connectivity index (χ1n) is 8.65. The highest BCUT2D eigenvalue weighted by Crippen LogP contribution is 2.38. The monoisotopic (exact) mass is 411 g/mol. The van der Waals surface area contributed by atoms with Gasteiger partial charge in [-0.05, 0) is 29.7 Å². The number of carbonyl (C=O) groups is 1. The van der Waals surface area contributed by atoms with Gasteiger partial charge in [-0.15, -0.1) is 24.8 Å². The second-order valence-electron chi connectivity index (χ2n) is 6.88. The minimum atomic E-state index is -0.234. The van der Waals surface area contributed by atoms with Gasteiger partial charge in [0, 0.05) is 24.3 Å². The molecule has 1 heterocycles. The summed E-state index contributed by atoms with van der Waals surface area (Å²) < 4.78 is 0. The van der Waals surface area contributed by atoms with E-state index >= 15 is 0 Å². The van der Waals surface area contributed by atoms with Gasteiger partial charge in [0.2, 0.25) is 0 Å². The number of para-hydroxylation sites is 1. The summed E-state index contributed by atoms with van der Waals surface area (Å²) in [5.41, 5.74) is 11.1. The first-order valence-corrected chi connectivity index (χ1v) is 8.65. The molecule has 1 fully saturated rings. The number of hydrogen-bond acceptors (Lipinski definition) is 4. The second kappa shape index (κ2) is 10.5. The molecule has 2 aromatic carbocycles. The molecule has 0 saturated carbocycles. The van der Waals surface area contributed by atoms with Crippen molar-refractivity contribution in [2.24, 2.45) is 5.92 Å². The average Bonchev–Trinajstić information content (AvgIpc) is 2.59. The van der Waals surface area contributed by atoms with Crippen LogP contribution in [-0.2, 0) is 4.84 Å². The van der Waals surface area contributed by atoms with E-state index < -0.39 is 0 Å². The van der Waals surface area contributed by atoms with Crippen LogP contribution in [0.2, 0.25) is 0 Å². The number of hydrogen-bond donors (Lipinski definition) is 2. The predicted molar refractivity (Wildman–Crippen MR) is 113 cm³/mol. The number of benzene rings is 2. The summed E-state index contributed by atoms with van der Waals surface area (Å²) in [6.45, 7) is 6.12. The van der Waals surface area contributed by atoms with E-state index in [1.165, 1.54) is 0 Å². The third-order valence-corrected chi connectivity index (χ3v) is 4.41. The van der Waals surface area contributed by atoms with Gasteiger partial charge in [0.15, 0.2) is 0 Å². The highest BCUT2D eigenvalue weighted by molar-refractivity contribution is 5.93. The molecule has 0 aromatic heterocycles. The Balaban J connectivity index is 0.00000182. The van der Waals surface area contributed by atoms with Gasteiger partial charge in [-0.3, -0.25) is 14.5 Å². The molecule has 0 spiro atoms. The Hall–Kier alpha value is -1.79. The molecular weight excluding hydrogens is 385 g/mol. The molecule has 3 rings (SSSR count). The number of likely N-dealkylation sites (tertiary alicyclic amines) is 1. The zero-order valence-electron chi connectivity index (χ0n) is 15.5. The molecule has 2 atom stereocenters. The highest BCUT2D eigenvalue weighted by Gasteiger charge is 2.42. The van der Waals surface area contributed by atoms with E-state index in [-0.39, 0.29) is 42.9 Å². The molecule has 2 aromatic rings. The fourth-order valence-corrected chi connectivity index (χ4v) is 3.26. The summed E-state index contributed by atoms with van der Waals surface area (Å²) in [4.78, 5) is 20.3. The fraction of sp³-hybridized carbons (Fsp3) is 0.350. The summed E-state index contributed by atoms with van der Waals surface area (Å²) >= 11 is 0. The van der Waals surface area contributed by atoms with Crippen LogP contribution in [0, 0.1) is 5.92 Å². The Bertz CT molecular complexity index is 728. The maximum atomic E-state index is 12.2. The largest absolute Gasteiger partial charge is 0.398 e. The molecule has 7 heteroatoms. The van der Waals surface area contributed by atoms with Crippen LogP contribution in [0.3, 0.4) is 0 Å². The lowest BCUT2D eigenvalue weighted by Gasteiger charge is -2.48. The number of hydroxylamine groups is 1. The van der Waals surface area contributed by atoms with E-state index in [9.17, 15) is 4.79 Å². The van der Waals surface area contributed by atoms with Crippen LogP contribution in [0.4, 0.5) is 5.69 Å². The number of nitrogen functional groups attached to an aromatic ring is 1. The number of anilines is 1.